The minimum absolute atomic E-state index is 0.0246. The fourth-order valence-electron chi connectivity index (χ4n) is 2.64. The minimum atomic E-state index is 0.0246. The van der Waals surface area contributed by atoms with Crippen LogP contribution < -0.4 is 0 Å². The zero-order valence-corrected chi connectivity index (χ0v) is 14.5. The molecule has 1 aromatic carbocycles. The van der Waals surface area contributed by atoms with Crippen LogP contribution in [0.2, 0.25) is 0 Å². The molecule has 0 aliphatic heterocycles. The Kier molecular flexibility index (Phi) is 4.10. The van der Waals surface area contributed by atoms with E-state index in [1.807, 2.05) is 30.3 Å². The van der Waals surface area contributed by atoms with Crippen molar-refractivity contribution < 1.29 is 4.52 Å². The van der Waals surface area contributed by atoms with Gasteiger partial charge in [-0.15, -0.1) is 10.2 Å². The molecule has 1 unspecified atom stereocenters. The van der Waals surface area contributed by atoms with Crippen LogP contribution in [0.4, 0.5) is 0 Å². The van der Waals surface area contributed by atoms with E-state index in [9.17, 15) is 0 Å². The normalized spacial score (nSPS) is 15.6. The van der Waals surface area contributed by atoms with Crippen LogP contribution in [0.1, 0.15) is 49.6 Å². The van der Waals surface area contributed by atoms with Gasteiger partial charge in [-0.1, -0.05) is 47.3 Å². The third-order valence-electron chi connectivity index (χ3n) is 4.11. The Hall–Kier alpha value is -2.15. The fourth-order valence-corrected chi connectivity index (χ4v) is 3.59. The highest BCUT2D eigenvalue weighted by Crippen LogP contribution is 2.41. The van der Waals surface area contributed by atoms with Gasteiger partial charge in [-0.2, -0.15) is 4.98 Å². The first-order valence-corrected chi connectivity index (χ1v) is 9.13. The largest absolute Gasteiger partial charge is 0.338 e. The number of hydrogen-bond acceptors (Lipinski definition) is 6. The molecule has 24 heavy (non-hydrogen) atoms. The summed E-state index contributed by atoms with van der Waals surface area (Å²) < 4.78 is 7.66. The summed E-state index contributed by atoms with van der Waals surface area (Å²) in [6.07, 6.45) is 2.45. The van der Waals surface area contributed by atoms with Crippen LogP contribution in [0.5, 0.6) is 0 Å². The number of nitrogens with zero attached hydrogens (tertiary/aromatic N) is 5. The Morgan fingerprint density at radius 1 is 1.25 bits per heavy atom. The van der Waals surface area contributed by atoms with Crippen molar-refractivity contribution in [3.05, 3.63) is 42.0 Å². The van der Waals surface area contributed by atoms with Gasteiger partial charge in [0.2, 0.25) is 11.7 Å². The number of thioether (sulfide) groups is 1. The molecule has 1 aliphatic carbocycles. The monoisotopic (exact) mass is 341 g/mol. The summed E-state index contributed by atoms with van der Waals surface area (Å²) in [5.41, 5.74) is 0.956. The van der Waals surface area contributed by atoms with E-state index in [1.54, 1.807) is 11.8 Å². The second-order valence-electron chi connectivity index (χ2n) is 5.94. The Morgan fingerprint density at radius 2 is 2.04 bits per heavy atom. The van der Waals surface area contributed by atoms with E-state index in [1.165, 1.54) is 12.8 Å². The van der Waals surface area contributed by atoms with E-state index in [0.717, 1.165) is 23.1 Å². The van der Waals surface area contributed by atoms with Gasteiger partial charge in [0.25, 0.3) is 0 Å². The van der Waals surface area contributed by atoms with Crippen molar-refractivity contribution in [3.63, 3.8) is 0 Å². The van der Waals surface area contributed by atoms with Gasteiger partial charge in [-0.3, -0.25) is 0 Å². The van der Waals surface area contributed by atoms with Crippen molar-refractivity contribution >= 4 is 11.8 Å². The molecule has 1 atom stereocenters. The van der Waals surface area contributed by atoms with Crippen molar-refractivity contribution in [1.82, 2.24) is 24.9 Å². The molecule has 3 aromatic rings. The van der Waals surface area contributed by atoms with Crippen LogP contribution in [-0.4, -0.2) is 24.9 Å². The summed E-state index contributed by atoms with van der Waals surface area (Å²) >= 11 is 1.62. The highest BCUT2D eigenvalue weighted by atomic mass is 32.2. The van der Waals surface area contributed by atoms with E-state index in [-0.39, 0.29) is 5.25 Å². The van der Waals surface area contributed by atoms with Gasteiger partial charge in [0.1, 0.15) is 5.82 Å². The van der Waals surface area contributed by atoms with Crippen LogP contribution in [-0.2, 0) is 6.54 Å². The summed E-state index contributed by atoms with van der Waals surface area (Å²) in [5.74, 6) is 2.93. The molecular weight excluding hydrogens is 322 g/mol. The van der Waals surface area contributed by atoms with Crippen LogP contribution in [0.15, 0.2) is 40.0 Å². The third kappa shape index (κ3) is 2.96. The lowest BCUT2D eigenvalue weighted by molar-refractivity contribution is 0.380. The van der Waals surface area contributed by atoms with Gasteiger partial charge < -0.3 is 9.09 Å². The van der Waals surface area contributed by atoms with Gasteiger partial charge in [-0.25, -0.2) is 0 Å². The first-order chi connectivity index (χ1) is 11.8. The quantitative estimate of drug-likeness (QED) is 0.629. The van der Waals surface area contributed by atoms with Crippen LogP contribution in [0.25, 0.3) is 11.4 Å². The molecule has 0 N–H and O–H groups in total. The van der Waals surface area contributed by atoms with Crippen LogP contribution in [0, 0.1) is 0 Å². The summed E-state index contributed by atoms with van der Waals surface area (Å²) in [6.45, 7) is 5.07. The highest BCUT2D eigenvalue weighted by molar-refractivity contribution is 7.99. The number of hydrogen-bond donors (Lipinski definition) is 0. The molecule has 0 radical (unpaired) electrons. The topological polar surface area (TPSA) is 69.6 Å². The summed E-state index contributed by atoms with van der Waals surface area (Å²) in [6, 6.07) is 9.85. The van der Waals surface area contributed by atoms with Gasteiger partial charge in [-0.05, 0) is 26.7 Å². The molecule has 6 nitrogen and oxygen atoms in total. The Bertz CT molecular complexity index is 825. The summed E-state index contributed by atoms with van der Waals surface area (Å²) in [7, 11) is 0. The summed E-state index contributed by atoms with van der Waals surface area (Å²) in [5, 5.41) is 13.8. The highest BCUT2D eigenvalue weighted by Gasteiger charge is 2.30. The molecule has 0 saturated heterocycles. The molecule has 7 heteroatoms. The maximum atomic E-state index is 5.45. The van der Waals surface area contributed by atoms with Crippen molar-refractivity contribution in [1.29, 1.82) is 0 Å². The SMILES string of the molecule is CCn1c(SC(C)c2nc(-c3ccccc3)no2)nnc1C1CC1. The minimum Gasteiger partial charge on any atom is -0.338 e. The predicted molar refractivity (Wildman–Crippen MR) is 91.7 cm³/mol. The second-order valence-corrected chi connectivity index (χ2v) is 7.25. The van der Waals surface area contributed by atoms with E-state index in [2.05, 4.69) is 38.8 Å². The molecule has 2 aromatic heterocycles. The number of rotatable bonds is 6. The van der Waals surface area contributed by atoms with E-state index < -0.39 is 0 Å². The van der Waals surface area contributed by atoms with E-state index in [4.69, 9.17) is 4.52 Å². The molecule has 2 heterocycles. The van der Waals surface area contributed by atoms with Gasteiger partial charge in [0.15, 0.2) is 5.16 Å². The van der Waals surface area contributed by atoms with Crippen molar-refractivity contribution in [2.45, 2.75) is 49.6 Å². The third-order valence-corrected chi connectivity index (χ3v) is 5.18. The smallest absolute Gasteiger partial charge is 0.240 e. The van der Waals surface area contributed by atoms with Crippen molar-refractivity contribution in [3.8, 4) is 11.4 Å². The van der Waals surface area contributed by atoms with Gasteiger partial charge >= 0.3 is 0 Å². The van der Waals surface area contributed by atoms with Crippen molar-refractivity contribution in [2.75, 3.05) is 0 Å². The second kappa shape index (κ2) is 6.39. The lowest BCUT2D eigenvalue weighted by Gasteiger charge is -2.08. The summed E-state index contributed by atoms with van der Waals surface area (Å²) in [4.78, 5) is 4.53. The van der Waals surface area contributed by atoms with Gasteiger partial charge in [0.05, 0.1) is 5.25 Å². The first kappa shape index (κ1) is 15.4. The Morgan fingerprint density at radius 3 is 2.75 bits per heavy atom. The van der Waals surface area contributed by atoms with Gasteiger partial charge in [0, 0.05) is 18.0 Å². The molecule has 1 saturated carbocycles. The molecule has 4 rings (SSSR count). The average molecular weight is 341 g/mol. The molecule has 0 amide bonds. The molecule has 1 aliphatic rings. The predicted octanol–water partition coefficient (Wildman–Crippen LogP) is 4.08. The van der Waals surface area contributed by atoms with Crippen molar-refractivity contribution in [2.24, 2.45) is 0 Å². The molecule has 0 spiro atoms. The maximum Gasteiger partial charge on any atom is 0.240 e. The molecular formula is C17H19N5OS. The fraction of sp³-hybridized carbons (Fsp3) is 0.412. The zero-order chi connectivity index (χ0) is 16.5. The van der Waals surface area contributed by atoms with Crippen LogP contribution >= 0.6 is 11.8 Å². The maximum absolute atomic E-state index is 5.45. The Balaban J connectivity index is 1.53. The molecule has 1 fully saturated rings. The van der Waals surface area contributed by atoms with E-state index in [0.29, 0.717) is 17.6 Å². The number of benzene rings is 1. The Labute approximate surface area is 144 Å². The lowest BCUT2D eigenvalue weighted by atomic mass is 10.2. The van der Waals surface area contributed by atoms with E-state index >= 15 is 0 Å². The van der Waals surface area contributed by atoms with Crippen LogP contribution in [0.3, 0.4) is 0 Å². The average Bonchev–Trinajstić information content (AvgIpc) is 3.19. The lowest BCUT2D eigenvalue weighted by Crippen LogP contribution is -2.02. The molecule has 124 valence electrons. The standard InChI is InChI=1S/C17H19N5OS/c1-3-22-15(13-9-10-13)19-20-17(22)24-11(2)16-18-14(21-23-16)12-7-5-4-6-8-12/h4-8,11,13H,3,9-10H2,1-2H3. The zero-order valence-electron chi connectivity index (χ0n) is 13.7. The first-order valence-electron chi connectivity index (χ1n) is 8.25. The molecule has 0 bridgehead atoms. The number of aromatic nitrogens is 5.